The first-order chi connectivity index (χ1) is 10.0. The summed E-state index contributed by atoms with van der Waals surface area (Å²) in [7, 11) is 4.20. The summed E-state index contributed by atoms with van der Waals surface area (Å²) in [6.07, 6.45) is 5.51. The van der Waals surface area contributed by atoms with E-state index in [0.29, 0.717) is 18.4 Å². The quantitative estimate of drug-likeness (QED) is 0.796. The first kappa shape index (κ1) is 15.3. The van der Waals surface area contributed by atoms with Gasteiger partial charge in [-0.3, -0.25) is 4.79 Å². The second kappa shape index (κ2) is 5.86. The Balaban J connectivity index is 1.60. The minimum Gasteiger partial charge on any atom is -0.381 e. The summed E-state index contributed by atoms with van der Waals surface area (Å²) in [6.45, 7) is 2.27. The van der Waals surface area contributed by atoms with Crippen LogP contribution in [0.15, 0.2) is 0 Å². The van der Waals surface area contributed by atoms with E-state index in [1.165, 1.54) is 12.8 Å². The van der Waals surface area contributed by atoms with Crippen LogP contribution in [-0.2, 0) is 9.53 Å². The monoisotopic (exact) mass is 295 g/mol. The van der Waals surface area contributed by atoms with Gasteiger partial charge in [-0.1, -0.05) is 0 Å². The van der Waals surface area contributed by atoms with E-state index < -0.39 is 0 Å². The number of carbonyl (C=O) groups is 1. The van der Waals surface area contributed by atoms with Gasteiger partial charge in [-0.05, 0) is 58.0 Å². The zero-order valence-electron chi connectivity index (χ0n) is 13.3. The second-order valence-electron chi connectivity index (χ2n) is 7.39. The highest BCUT2D eigenvalue weighted by atomic mass is 16.5. The van der Waals surface area contributed by atoms with Crippen LogP contribution < -0.4 is 11.1 Å². The first-order valence-corrected chi connectivity index (χ1v) is 8.32. The normalized spacial score (nSPS) is 37.9. The van der Waals surface area contributed by atoms with Crippen LogP contribution >= 0.6 is 0 Å². The van der Waals surface area contributed by atoms with Crippen molar-refractivity contribution in [1.82, 2.24) is 10.2 Å². The Morgan fingerprint density at radius 3 is 2.52 bits per heavy atom. The molecule has 5 nitrogen and oxygen atoms in total. The van der Waals surface area contributed by atoms with Gasteiger partial charge >= 0.3 is 0 Å². The van der Waals surface area contributed by atoms with E-state index in [9.17, 15) is 4.79 Å². The van der Waals surface area contributed by atoms with Crippen molar-refractivity contribution in [1.29, 1.82) is 0 Å². The fraction of sp³-hybridized carbons (Fsp3) is 0.938. The van der Waals surface area contributed by atoms with Gasteiger partial charge in [0.05, 0.1) is 5.92 Å². The van der Waals surface area contributed by atoms with Crippen molar-refractivity contribution in [3.8, 4) is 0 Å². The highest BCUT2D eigenvalue weighted by Crippen LogP contribution is 2.47. The summed E-state index contributed by atoms with van der Waals surface area (Å²) < 4.78 is 5.48. The third-order valence-electron chi connectivity index (χ3n) is 6.25. The number of hydrogen-bond acceptors (Lipinski definition) is 4. The third-order valence-corrected chi connectivity index (χ3v) is 6.25. The smallest absolute Gasteiger partial charge is 0.225 e. The Morgan fingerprint density at radius 1 is 1.29 bits per heavy atom. The van der Waals surface area contributed by atoms with Crippen molar-refractivity contribution in [3.63, 3.8) is 0 Å². The number of nitrogens with one attached hydrogen (secondary N) is 1. The average Bonchev–Trinajstić information content (AvgIpc) is 3.06. The Kier molecular flexibility index (Phi) is 4.26. The molecule has 0 aromatic carbocycles. The molecule has 0 spiro atoms. The zero-order chi connectivity index (χ0) is 15.0. The van der Waals surface area contributed by atoms with Crippen molar-refractivity contribution < 1.29 is 9.53 Å². The highest BCUT2D eigenvalue weighted by molar-refractivity contribution is 5.80. The van der Waals surface area contributed by atoms with E-state index in [0.717, 1.165) is 32.5 Å². The molecule has 3 fully saturated rings. The van der Waals surface area contributed by atoms with Crippen LogP contribution in [0.4, 0.5) is 0 Å². The highest BCUT2D eigenvalue weighted by Gasteiger charge is 2.49. The van der Waals surface area contributed by atoms with E-state index in [1.807, 2.05) is 0 Å². The molecule has 3 aliphatic rings. The lowest BCUT2D eigenvalue weighted by atomic mass is 9.83. The lowest BCUT2D eigenvalue weighted by Crippen LogP contribution is -2.57. The minimum absolute atomic E-state index is 0.0373. The van der Waals surface area contributed by atoms with E-state index in [4.69, 9.17) is 10.5 Å². The number of carbonyl (C=O) groups excluding carboxylic acids is 1. The Labute approximate surface area is 127 Å². The Bertz CT molecular complexity index is 391. The van der Waals surface area contributed by atoms with E-state index in [2.05, 4.69) is 24.3 Å². The maximum absolute atomic E-state index is 12.6. The summed E-state index contributed by atoms with van der Waals surface area (Å²) in [5, 5.41) is 3.22. The fourth-order valence-corrected chi connectivity index (χ4v) is 4.63. The van der Waals surface area contributed by atoms with Crippen LogP contribution in [-0.4, -0.2) is 56.2 Å². The number of likely N-dealkylation sites (N-methyl/N-ethyl adjacent to an activating group) is 1. The standard InChI is InChI=1S/C16H29N3O2/c1-19(2)16(5-7-21-8-6-16)10-18-15(20)13-11-3-4-12(9-11)14(13)17/h11-14H,3-10,17H2,1-2H3,(H,18,20). The van der Waals surface area contributed by atoms with Gasteiger partial charge in [0.1, 0.15) is 0 Å². The van der Waals surface area contributed by atoms with E-state index in [-0.39, 0.29) is 23.4 Å². The molecule has 1 heterocycles. The molecule has 1 aliphatic heterocycles. The van der Waals surface area contributed by atoms with Crippen molar-refractivity contribution >= 4 is 5.91 Å². The molecule has 5 heteroatoms. The number of nitrogens with two attached hydrogens (primary N) is 1. The van der Waals surface area contributed by atoms with Gasteiger partial charge in [0.2, 0.25) is 5.91 Å². The van der Waals surface area contributed by atoms with Crippen LogP contribution in [0.2, 0.25) is 0 Å². The molecule has 0 aromatic rings. The second-order valence-corrected chi connectivity index (χ2v) is 7.39. The molecule has 0 radical (unpaired) electrons. The molecule has 4 atom stereocenters. The fourth-order valence-electron chi connectivity index (χ4n) is 4.63. The lowest BCUT2D eigenvalue weighted by Gasteiger charge is -2.43. The SMILES string of the molecule is CN(C)C1(CNC(=O)C2C3CCC(C3)C2N)CCOCC1. The molecule has 3 N–H and O–H groups in total. The zero-order valence-corrected chi connectivity index (χ0v) is 13.3. The topological polar surface area (TPSA) is 67.6 Å². The first-order valence-electron chi connectivity index (χ1n) is 8.32. The van der Waals surface area contributed by atoms with Crippen LogP contribution in [0.5, 0.6) is 0 Å². The van der Waals surface area contributed by atoms with Gasteiger partial charge < -0.3 is 20.7 Å². The minimum atomic E-state index is 0.0373. The number of hydrogen-bond donors (Lipinski definition) is 2. The lowest BCUT2D eigenvalue weighted by molar-refractivity contribution is -0.128. The van der Waals surface area contributed by atoms with Crippen LogP contribution in [0.3, 0.4) is 0 Å². The molecular weight excluding hydrogens is 266 g/mol. The molecule has 2 bridgehead atoms. The number of amides is 1. The maximum atomic E-state index is 12.6. The summed E-state index contributed by atoms with van der Waals surface area (Å²) in [5.41, 5.74) is 6.31. The molecule has 0 aromatic heterocycles. The number of nitrogens with zero attached hydrogens (tertiary/aromatic N) is 1. The van der Waals surface area contributed by atoms with Crippen molar-refractivity contribution in [3.05, 3.63) is 0 Å². The van der Waals surface area contributed by atoms with Gasteiger partial charge in [0.15, 0.2) is 0 Å². The van der Waals surface area contributed by atoms with Crippen LogP contribution in [0.25, 0.3) is 0 Å². The molecule has 120 valence electrons. The Hall–Kier alpha value is -0.650. The van der Waals surface area contributed by atoms with Crippen molar-refractivity contribution in [2.45, 2.75) is 43.7 Å². The van der Waals surface area contributed by atoms with Gasteiger partial charge in [-0.15, -0.1) is 0 Å². The van der Waals surface area contributed by atoms with Crippen LogP contribution in [0.1, 0.15) is 32.1 Å². The van der Waals surface area contributed by atoms with E-state index in [1.54, 1.807) is 0 Å². The largest absolute Gasteiger partial charge is 0.381 e. The molecule has 1 saturated heterocycles. The average molecular weight is 295 g/mol. The van der Waals surface area contributed by atoms with E-state index >= 15 is 0 Å². The molecule has 3 rings (SSSR count). The van der Waals surface area contributed by atoms with Gasteiger partial charge in [0, 0.05) is 31.3 Å². The predicted octanol–water partition coefficient (Wildman–Crippen LogP) is 0.587. The summed E-state index contributed by atoms with van der Waals surface area (Å²) in [5.74, 6) is 1.33. The van der Waals surface area contributed by atoms with Gasteiger partial charge in [-0.2, -0.15) is 0 Å². The summed E-state index contributed by atoms with van der Waals surface area (Å²) in [6, 6.07) is 0.0775. The summed E-state index contributed by atoms with van der Waals surface area (Å²) >= 11 is 0. The number of rotatable bonds is 4. The molecule has 2 aliphatic carbocycles. The van der Waals surface area contributed by atoms with Crippen molar-refractivity contribution in [2.75, 3.05) is 33.9 Å². The Morgan fingerprint density at radius 2 is 1.95 bits per heavy atom. The number of fused-ring (bicyclic) bond motifs is 2. The van der Waals surface area contributed by atoms with Gasteiger partial charge in [-0.25, -0.2) is 0 Å². The molecule has 2 saturated carbocycles. The predicted molar refractivity (Wildman–Crippen MR) is 81.8 cm³/mol. The number of ether oxygens (including phenoxy) is 1. The van der Waals surface area contributed by atoms with Crippen LogP contribution in [0, 0.1) is 17.8 Å². The van der Waals surface area contributed by atoms with Gasteiger partial charge in [0.25, 0.3) is 0 Å². The molecule has 1 amide bonds. The maximum Gasteiger partial charge on any atom is 0.225 e. The van der Waals surface area contributed by atoms with Crippen molar-refractivity contribution in [2.24, 2.45) is 23.5 Å². The molecule has 4 unspecified atom stereocenters. The molecular formula is C16H29N3O2. The third kappa shape index (κ3) is 2.71. The summed E-state index contributed by atoms with van der Waals surface area (Å²) in [4.78, 5) is 14.9. The molecule has 21 heavy (non-hydrogen) atoms.